The van der Waals surface area contributed by atoms with Gasteiger partial charge in [0.05, 0.1) is 56.9 Å². The van der Waals surface area contributed by atoms with E-state index < -0.39 is 84.3 Å². The Kier molecular flexibility index (Phi) is 15.9. The fraction of sp³-hybridized carbons (Fsp3) is 0.786. The third kappa shape index (κ3) is 9.74. The Morgan fingerprint density at radius 3 is 2.08 bits per heavy atom. The van der Waals surface area contributed by atoms with E-state index in [1.54, 1.807) is 0 Å². The van der Waals surface area contributed by atoms with Crippen molar-refractivity contribution in [1.82, 2.24) is 0 Å². The molecule has 12 rings (SSSR count). The van der Waals surface area contributed by atoms with E-state index >= 15 is 4.79 Å². The molecule has 5 aliphatic carbocycles. The summed E-state index contributed by atoms with van der Waals surface area (Å²) in [5, 5.41) is 0. The molecule has 9 fully saturated rings. The summed E-state index contributed by atoms with van der Waals surface area (Å²) in [7, 11) is 1.83. The zero-order valence-corrected chi connectivity index (χ0v) is 53.0. The first-order valence-corrected chi connectivity index (χ1v) is 32.3. The fourth-order valence-electron chi connectivity index (χ4n) is 19.5. The lowest BCUT2D eigenvalue weighted by atomic mass is 9.33. The van der Waals surface area contributed by atoms with Crippen molar-refractivity contribution in [3.05, 3.63) is 83.4 Å². The molecule has 5 saturated heterocycles. The summed E-state index contributed by atoms with van der Waals surface area (Å²) in [6.07, 6.45) is 4.92. The van der Waals surface area contributed by atoms with Crippen molar-refractivity contribution in [2.45, 2.75) is 253 Å². The van der Waals surface area contributed by atoms with Crippen molar-refractivity contribution in [3.8, 4) is 0 Å². The summed E-state index contributed by atoms with van der Waals surface area (Å²) in [5.74, 6) is -1.52. The molecule has 13 nitrogen and oxygen atoms in total. The maximum absolute atomic E-state index is 16.9. The first-order chi connectivity index (χ1) is 39.2. The molecule has 24 atom stereocenters. The van der Waals surface area contributed by atoms with Crippen LogP contribution in [0.3, 0.4) is 0 Å². The van der Waals surface area contributed by atoms with Crippen molar-refractivity contribution in [2.24, 2.45) is 79.6 Å². The zero-order valence-electron chi connectivity index (χ0n) is 53.0. The van der Waals surface area contributed by atoms with Gasteiger partial charge in [0, 0.05) is 25.0 Å². The Balaban J connectivity index is 0.886. The molecule has 2 aromatic carbocycles. The Labute approximate surface area is 497 Å². The highest BCUT2D eigenvalue weighted by Gasteiger charge is 2.77. The summed E-state index contributed by atoms with van der Waals surface area (Å²) in [6.45, 7) is 34.0. The number of fused-ring (bicyclic) bond motifs is 9. The molecule has 13 heteroatoms. The second kappa shape index (κ2) is 21.8. The molecule has 2 N–H and O–H groups in total. The highest BCUT2D eigenvalue weighted by Crippen LogP contribution is 2.77. The van der Waals surface area contributed by atoms with Crippen LogP contribution in [0.1, 0.15) is 166 Å². The van der Waals surface area contributed by atoms with Crippen molar-refractivity contribution in [3.63, 3.8) is 0 Å². The normalized spacial score (nSPS) is 48.3. The molecule has 0 amide bonds. The summed E-state index contributed by atoms with van der Waals surface area (Å²) < 4.78 is 77.0. The number of allylic oxidation sites excluding steroid dienone is 2. The fourth-order valence-corrected chi connectivity index (χ4v) is 19.5. The highest BCUT2D eigenvalue weighted by atomic mass is 16.8. The van der Waals surface area contributed by atoms with Gasteiger partial charge in [-0.15, -0.1) is 0 Å². The van der Waals surface area contributed by atoms with Crippen LogP contribution in [-0.2, 0) is 70.1 Å². The Bertz CT molecular complexity index is 2680. The standard InChI is InChI=1S/C70H103NO12/c1-40-28-30-66(12)51(64(40,8)9)29-31-67(13)52(66)27-26-47-48-34-63(6,7)32-33-69(48,53(73-15)35-68(47,67)14)62(72)83-70(59-55(82-70)43(4)54(71)50(78-59)38-74-36-45-22-18-16-19-23-45)60-58-57(80-65(10,11)81-58)56(44(5)77-60)79-61-42(3)41(2)49(39-76-61)75-37-46-24-20-17-21-25-46/h16-26,40-44,48-61H,27-39,71H2,1-15H3/t40-,41?,42?,43?,44+,48?,49?,50-,51-,52?,53-,54?,55?,56?,57?,58?,59+,60+,61-,66?,67-,68+,69?,70?/m0/s1. The smallest absolute Gasteiger partial charge is 0.318 e. The minimum atomic E-state index is -1.78. The molecule has 4 saturated carbocycles. The monoisotopic (exact) mass is 1150 g/mol. The number of methoxy groups -OCH3 is 1. The maximum atomic E-state index is 16.9. The number of nitrogens with two attached hydrogens (primary N) is 1. The number of hydrogen-bond acceptors (Lipinski definition) is 13. The third-order valence-electron chi connectivity index (χ3n) is 25.3. The van der Waals surface area contributed by atoms with Gasteiger partial charge in [0.1, 0.15) is 23.7 Å². The van der Waals surface area contributed by atoms with Gasteiger partial charge in [-0.3, -0.25) is 4.79 Å². The molecule has 5 aliphatic heterocycles. The van der Waals surface area contributed by atoms with E-state index in [0.29, 0.717) is 44.0 Å². The lowest BCUT2D eigenvalue weighted by Crippen LogP contribution is -2.82. The minimum absolute atomic E-state index is 0.00402. The molecule has 0 spiro atoms. The SMILES string of the molecule is CO[C@H]1C[C@]2(C)C(=CCC3C4(C)CC[C@H](C)C(C)(C)[C@@H]4CC[C@@]32C)C2CC(C)(C)CCC21C(=O)OC1([C@@H]2O[C@H](C)C(O[C@@H]3OCC(OCc4ccccc4)C(C)C3C)C3OC(C)(C)OC32)OC2C(C)C(N)[C@H](COCc3ccccc3)O[C@H]21. The molecule has 10 aliphatic rings. The van der Waals surface area contributed by atoms with Crippen LogP contribution in [0.25, 0.3) is 0 Å². The molecular formula is C70H103NO12. The second-order valence-corrected chi connectivity index (χ2v) is 30.9. The minimum Gasteiger partial charge on any atom is -0.426 e. The topological polar surface area (TPSA) is 145 Å². The molecule has 5 heterocycles. The number of rotatable bonds is 13. The van der Waals surface area contributed by atoms with Crippen LogP contribution in [0.2, 0.25) is 0 Å². The Hall–Kier alpha value is -2.79. The van der Waals surface area contributed by atoms with Gasteiger partial charge in [-0.05, 0) is 146 Å². The van der Waals surface area contributed by atoms with Gasteiger partial charge in [0.2, 0.25) is 0 Å². The van der Waals surface area contributed by atoms with E-state index in [9.17, 15) is 0 Å². The number of carbonyl (C=O) groups is 1. The molecule has 0 radical (unpaired) electrons. The van der Waals surface area contributed by atoms with Crippen molar-refractivity contribution >= 4 is 5.97 Å². The molecule has 83 heavy (non-hydrogen) atoms. The van der Waals surface area contributed by atoms with Gasteiger partial charge < -0.3 is 57.8 Å². The molecular weight excluding hydrogens is 1050 g/mol. The zero-order chi connectivity index (χ0) is 59.0. The van der Waals surface area contributed by atoms with Crippen LogP contribution in [0.15, 0.2) is 72.3 Å². The van der Waals surface area contributed by atoms with Crippen molar-refractivity contribution in [1.29, 1.82) is 0 Å². The van der Waals surface area contributed by atoms with E-state index in [1.165, 1.54) is 24.8 Å². The number of benzene rings is 2. The largest absolute Gasteiger partial charge is 0.426 e. The Morgan fingerprint density at radius 2 is 1.39 bits per heavy atom. The summed E-state index contributed by atoms with van der Waals surface area (Å²) in [6, 6.07) is 19.9. The van der Waals surface area contributed by atoms with Crippen molar-refractivity contribution in [2.75, 3.05) is 20.3 Å². The van der Waals surface area contributed by atoms with Gasteiger partial charge in [0.15, 0.2) is 24.3 Å². The maximum Gasteiger partial charge on any atom is 0.318 e. The number of carbonyl (C=O) groups excluding carboxylic acids is 1. The van der Waals surface area contributed by atoms with Gasteiger partial charge in [0.25, 0.3) is 5.79 Å². The van der Waals surface area contributed by atoms with Crippen LogP contribution in [0.5, 0.6) is 0 Å². The number of ether oxygens (including phenoxy) is 11. The van der Waals surface area contributed by atoms with Crippen LogP contribution in [-0.4, -0.2) is 111 Å². The highest BCUT2D eigenvalue weighted by molar-refractivity contribution is 5.80. The van der Waals surface area contributed by atoms with Crippen molar-refractivity contribution < 1.29 is 56.9 Å². The summed E-state index contributed by atoms with van der Waals surface area (Å²) in [5.41, 5.74) is 9.93. The number of esters is 1. The van der Waals surface area contributed by atoms with E-state index in [-0.39, 0.29) is 69.4 Å². The van der Waals surface area contributed by atoms with Crippen LogP contribution >= 0.6 is 0 Å². The lowest BCUT2D eigenvalue weighted by Gasteiger charge is -2.72. The average molecular weight is 1150 g/mol. The third-order valence-corrected chi connectivity index (χ3v) is 25.3. The predicted molar refractivity (Wildman–Crippen MR) is 316 cm³/mol. The van der Waals surface area contributed by atoms with Crippen LogP contribution in [0.4, 0.5) is 0 Å². The first-order valence-electron chi connectivity index (χ1n) is 32.3. The van der Waals surface area contributed by atoms with E-state index in [0.717, 1.165) is 43.2 Å². The van der Waals surface area contributed by atoms with Crippen LogP contribution in [0, 0.1) is 73.9 Å². The molecule has 0 bridgehead atoms. The Morgan fingerprint density at radius 1 is 0.711 bits per heavy atom. The van der Waals surface area contributed by atoms with Crippen LogP contribution < -0.4 is 5.73 Å². The van der Waals surface area contributed by atoms with Gasteiger partial charge in [-0.1, -0.05) is 148 Å². The lowest BCUT2D eigenvalue weighted by molar-refractivity contribution is -0.465. The predicted octanol–water partition coefficient (Wildman–Crippen LogP) is 12.5. The molecule has 0 aromatic heterocycles. The first kappa shape index (κ1) is 60.5. The van der Waals surface area contributed by atoms with E-state index in [4.69, 9.17) is 57.8 Å². The summed E-state index contributed by atoms with van der Waals surface area (Å²) >= 11 is 0. The van der Waals surface area contributed by atoms with E-state index in [2.05, 4.69) is 107 Å². The van der Waals surface area contributed by atoms with Gasteiger partial charge >= 0.3 is 5.97 Å². The van der Waals surface area contributed by atoms with E-state index in [1.807, 2.05) is 64.3 Å². The quantitative estimate of drug-likeness (QED) is 0.150. The molecule has 460 valence electrons. The number of hydrogen-bond donors (Lipinski definition) is 1. The molecule has 14 unspecified atom stereocenters. The van der Waals surface area contributed by atoms with Gasteiger partial charge in [-0.2, -0.15) is 0 Å². The average Bonchev–Trinajstić information content (AvgIpc) is 1.69. The van der Waals surface area contributed by atoms with Gasteiger partial charge in [-0.25, -0.2) is 0 Å². The second-order valence-electron chi connectivity index (χ2n) is 30.9. The molecule has 2 aromatic rings. The summed E-state index contributed by atoms with van der Waals surface area (Å²) in [4.78, 5) is 16.9.